The Kier molecular flexibility index (Phi) is 7.08. The zero-order chi connectivity index (χ0) is 15.0. The van der Waals surface area contributed by atoms with Crippen molar-refractivity contribution < 1.29 is 14.7 Å². The summed E-state index contributed by atoms with van der Waals surface area (Å²) in [4.78, 5) is 24.1. The van der Waals surface area contributed by atoms with Gasteiger partial charge in [0.2, 0.25) is 0 Å². The van der Waals surface area contributed by atoms with Crippen LogP contribution in [0.5, 0.6) is 0 Å². The number of aliphatic carboxylic acids is 1. The highest BCUT2D eigenvalue weighted by Gasteiger charge is 2.15. The molecule has 0 aliphatic carbocycles. The van der Waals surface area contributed by atoms with E-state index in [9.17, 15) is 9.59 Å². The highest BCUT2D eigenvalue weighted by molar-refractivity contribution is 9.10. The minimum absolute atomic E-state index is 0.273. The number of amides is 2. The molecule has 1 aromatic rings. The number of nitrogens with one attached hydrogen (secondary N) is 1. The summed E-state index contributed by atoms with van der Waals surface area (Å²) in [5, 5.41) is 11.6. The van der Waals surface area contributed by atoms with Gasteiger partial charge in [0, 0.05) is 17.6 Å². The van der Waals surface area contributed by atoms with E-state index in [0.29, 0.717) is 13.1 Å². The van der Waals surface area contributed by atoms with Gasteiger partial charge in [0.15, 0.2) is 0 Å². The third-order valence-corrected chi connectivity index (χ3v) is 3.22. The molecule has 6 heteroatoms. The number of unbranched alkanes of at least 4 members (excludes halogenated alkanes) is 1. The van der Waals surface area contributed by atoms with E-state index in [1.807, 2.05) is 31.2 Å². The van der Waals surface area contributed by atoms with Crippen molar-refractivity contribution in [2.75, 3.05) is 13.1 Å². The van der Waals surface area contributed by atoms with Crippen LogP contribution >= 0.6 is 15.9 Å². The number of carbonyl (C=O) groups excluding carboxylic acids is 1. The molecule has 0 saturated heterocycles. The largest absolute Gasteiger partial charge is 0.480 e. The molecule has 5 nitrogen and oxygen atoms in total. The Balaban J connectivity index is 2.54. The van der Waals surface area contributed by atoms with E-state index in [1.165, 1.54) is 4.90 Å². The van der Waals surface area contributed by atoms with Gasteiger partial charge in [-0.15, -0.1) is 0 Å². The first-order valence-corrected chi connectivity index (χ1v) is 7.31. The van der Waals surface area contributed by atoms with Crippen molar-refractivity contribution in [2.24, 2.45) is 0 Å². The Bertz CT molecular complexity index is 465. The van der Waals surface area contributed by atoms with Gasteiger partial charge >= 0.3 is 12.0 Å². The lowest BCUT2D eigenvalue weighted by Gasteiger charge is -2.21. The van der Waals surface area contributed by atoms with Crippen molar-refractivity contribution >= 4 is 27.9 Å². The summed E-state index contributed by atoms with van der Waals surface area (Å²) >= 11 is 3.36. The van der Waals surface area contributed by atoms with E-state index < -0.39 is 5.97 Å². The number of rotatable bonds is 7. The van der Waals surface area contributed by atoms with E-state index in [-0.39, 0.29) is 12.6 Å². The summed E-state index contributed by atoms with van der Waals surface area (Å²) in [6, 6.07) is 7.26. The fourth-order valence-electron chi connectivity index (χ4n) is 1.70. The van der Waals surface area contributed by atoms with Crippen LogP contribution in [-0.4, -0.2) is 35.1 Å². The maximum atomic E-state index is 12.0. The van der Waals surface area contributed by atoms with Crippen LogP contribution in [0.25, 0.3) is 0 Å². The van der Waals surface area contributed by atoms with Crippen molar-refractivity contribution in [1.29, 1.82) is 0 Å². The zero-order valence-corrected chi connectivity index (χ0v) is 13.0. The van der Waals surface area contributed by atoms with Crippen LogP contribution in [0.3, 0.4) is 0 Å². The molecule has 0 bridgehead atoms. The molecule has 0 heterocycles. The molecule has 110 valence electrons. The predicted molar refractivity (Wildman–Crippen MR) is 80.5 cm³/mol. The Hall–Kier alpha value is -1.56. The summed E-state index contributed by atoms with van der Waals surface area (Å²) in [6.07, 6.45) is 1.70. The van der Waals surface area contributed by atoms with Gasteiger partial charge in [-0.25, -0.2) is 4.79 Å². The number of carboxylic acids is 1. The lowest BCUT2D eigenvalue weighted by atomic mass is 10.2. The summed E-state index contributed by atoms with van der Waals surface area (Å²) < 4.78 is 0.942. The Morgan fingerprint density at radius 2 is 2.15 bits per heavy atom. The Labute approximate surface area is 127 Å². The van der Waals surface area contributed by atoms with Crippen LogP contribution < -0.4 is 5.32 Å². The minimum atomic E-state index is -1.00. The third kappa shape index (κ3) is 6.06. The highest BCUT2D eigenvalue weighted by Crippen LogP contribution is 2.11. The number of nitrogens with zero attached hydrogens (tertiary/aromatic N) is 1. The number of carboxylic acid groups (broad SMARTS) is 1. The van der Waals surface area contributed by atoms with Crippen LogP contribution in [0.1, 0.15) is 25.3 Å². The molecule has 0 spiro atoms. The fraction of sp³-hybridized carbons (Fsp3) is 0.429. The molecule has 0 aromatic heterocycles. The third-order valence-electron chi connectivity index (χ3n) is 2.73. The number of urea groups is 1. The quantitative estimate of drug-likeness (QED) is 0.800. The average molecular weight is 343 g/mol. The molecule has 2 N–H and O–H groups in total. The number of carbonyl (C=O) groups is 2. The van der Waals surface area contributed by atoms with Crippen LogP contribution in [0, 0.1) is 0 Å². The van der Waals surface area contributed by atoms with Gasteiger partial charge in [0.1, 0.15) is 6.54 Å². The molecule has 0 unspecified atom stereocenters. The minimum Gasteiger partial charge on any atom is -0.480 e. The first-order valence-electron chi connectivity index (χ1n) is 6.52. The Morgan fingerprint density at radius 3 is 2.75 bits per heavy atom. The summed E-state index contributed by atoms with van der Waals surface area (Å²) in [5.74, 6) is -1.00. The maximum Gasteiger partial charge on any atom is 0.323 e. The molecular formula is C14H19BrN2O3. The molecule has 20 heavy (non-hydrogen) atoms. The van der Waals surface area contributed by atoms with Gasteiger partial charge < -0.3 is 15.3 Å². The van der Waals surface area contributed by atoms with Gasteiger partial charge in [-0.05, 0) is 24.1 Å². The average Bonchev–Trinajstić information content (AvgIpc) is 2.40. The van der Waals surface area contributed by atoms with Crippen molar-refractivity contribution in [3.8, 4) is 0 Å². The van der Waals surface area contributed by atoms with Gasteiger partial charge in [0.25, 0.3) is 0 Å². The van der Waals surface area contributed by atoms with E-state index in [4.69, 9.17) is 5.11 Å². The molecule has 1 aromatic carbocycles. The molecule has 2 amide bonds. The Morgan fingerprint density at radius 1 is 1.40 bits per heavy atom. The topological polar surface area (TPSA) is 69.6 Å². The van der Waals surface area contributed by atoms with Crippen LogP contribution in [0.15, 0.2) is 28.7 Å². The molecule has 0 radical (unpaired) electrons. The van der Waals surface area contributed by atoms with E-state index in [2.05, 4.69) is 21.2 Å². The normalized spacial score (nSPS) is 10.1. The second kappa shape index (κ2) is 8.58. The number of halogens is 1. The van der Waals surface area contributed by atoms with Crippen molar-refractivity contribution in [3.63, 3.8) is 0 Å². The predicted octanol–water partition coefficient (Wildman–Crippen LogP) is 2.85. The van der Waals surface area contributed by atoms with Crippen LogP contribution in [-0.2, 0) is 11.3 Å². The molecule has 0 aliphatic rings. The SMILES string of the molecule is CCCCN(CC(=O)O)C(=O)NCc1cccc(Br)c1. The molecular weight excluding hydrogens is 324 g/mol. The standard InChI is InChI=1S/C14H19BrN2O3/c1-2-3-7-17(10-13(18)19)14(20)16-9-11-5-4-6-12(15)8-11/h4-6,8H,2-3,7,9-10H2,1H3,(H,16,20)(H,18,19). The molecule has 0 aliphatic heterocycles. The first-order chi connectivity index (χ1) is 9.52. The summed E-state index contributed by atoms with van der Waals surface area (Å²) in [5.41, 5.74) is 0.957. The first kappa shape index (κ1) is 16.5. The monoisotopic (exact) mass is 342 g/mol. The zero-order valence-electron chi connectivity index (χ0n) is 11.4. The molecule has 0 fully saturated rings. The van der Waals surface area contributed by atoms with Gasteiger partial charge in [-0.1, -0.05) is 41.4 Å². The highest BCUT2D eigenvalue weighted by atomic mass is 79.9. The fourth-order valence-corrected chi connectivity index (χ4v) is 2.15. The number of hydrogen-bond donors (Lipinski definition) is 2. The van der Waals surface area contributed by atoms with Crippen molar-refractivity contribution in [1.82, 2.24) is 10.2 Å². The van der Waals surface area contributed by atoms with Gasteiger partial charge in [-0.3, -0.25) is 4.79 Å². The van der Waals surface area contributed by atoms with Crippen LogP contribution in [0.2, 0.25) is 0 Å². The van der Waals surface area contributed by atoms with Crippen molar-refractivity contribution in [3.05, 3.63) is 34.3 Å². The number of hydrogen-bond acceptors (Lipinski definition) is 2. The van der Waals surface area contributed by atoms with E-state index in [0.717, 1.165) is 22.9 Å². The van der Waals surface area contributed by atoms with Crippen molar-refractivity contribution in [2.45, 2.75) is 26.3 Å². The molecule has 1 rings (SSSR count). The van der Waals surface area contributed by atoms with E-state index >= 15 is 0 Å². The lowest BCUT2D eigenvalue weighted by molar-refractivity contribution is -0.137. The number of benzene rings is 1. The summed E-state index contributed by atoms with van der Waals surface area (Å²) in [7, 11) is 0. The second-order valence-corrected chi connectivity index (χ2v) is 5.37. The smallest absolute Gasteiger partial charge is 0.323 e. The van der Waals surface area contributed by atoms with Gasteiger partial charge in [-0.2, -0.15) is 0 Å². The molecule has 0 saturated carbocycles. The van der Waals surface area contributed by atoms with Crippen LogP contribution in [0.4, 0.5) is 4.79 Å². The molecule has 0 atom stereocenters. The maximum absolute atomic E-state index is 12.0. The summed E-state index contributed by atoms with van der Waals surface area (Å²) in [6.45, 7) is 2.55. The second-order valence-electron chi connectivity index (χ2n) is 4.46. The lowest BCUT2D eigenvalue weighted by Crippen LogP contribution is -2.43. The van der Waals surface area contributed by atoms with E-state index in [1.54, 1.807) is 0 Å². The van der Waals surface area contributed by atoms with Gasteiger partial charge in [0.05, 0.1) is 0 Å².